The summed E-state index contributed by atoms with van der Waals surface area (Å²) in [4.78, 5) is 19.2. The largest absolute Gasteiger partial charge is 0.387 e. The molecule has 0 spiro atoms. The Kier molecular flexibility index (Phi) is 7.30. The van der Waals surface area contributed by atoms with Crippen molar-refractivity contribution in [2.24, 2.45) is 0 Å². The highest BCUT2D eigenvalue weighted by Gasteiger charge is 2.32. The van der Waals surface area contributed by atoms with E-state index in [2.05, 4.69) is 20.5 Å². The van der Waals surface area contributed by atoms with E-state index in [0.717, 1.165) is 48.7 Å². The predicted octanol–water partition coefficient (Wildman–Crippen LogP) is 3.62. The molecule has 2 aromatic carbocycles. The summed E-state index contributed by atoms with van der Waals surface area (Å²) < 4.78 is 0. The third kappa shape index (κ3) is 5.70. The summed E-state index contributed by atoms with van der Waals surface area (Å²) >= 11 is 1.57. The van der Waals surface area contributed by atoms with Crippen molar-refractivity contribution in [2.45, 2.75) is 31.4 Å². The Bertz CT molecular complexity index is 947. The number of hydrogen-bond donors (Lipinski definition) is 3. The molecule has 3 N–H and O–H groups in total. The van der Waals surface area contributed by atoms with Crippen LogP contribution in [0.5, 0.6) is 0 Å². The maximum Gasteiger partial charge on any atom is 0.247 e. The van der Waals surface area contributed by atoms with E-state index in [9.17, 15) is 9.90 Å². The molecule has 2 unspecified atom stereocenters. The highest BCUT2D eigenvalue weighted by atomic mass is 32.1. The Balaban J connectivity index is 1.22. The molecule has 7 heteroatoms. The number of benzene rings is 2. The first-order valence-corrected chi connectivity index (χ1v) is 11.6. The number of aromatic nitrogens is 1. The molecular formula is C24H28N4O2S. The number of anilines is 2. The molecule has 0 saturated carbocycles. The van der Waals surface area contributed by atoms with Gasteiger partial charge in [0.1, 0.15) is 6.04 Å². The summed E-state index contributed by atoms with van der Waals surface area (Å²) in [6.07, 6.45) is 3.99. The van der Waals surface area contributed by atoms with Gasteiger partial charge in [-0.15, -0.1) is 11.3 Å². The SMILES string of the molecule is O=C(Nc1ccc(CCNCC(O)c2ccccc2)cc1)C1CCCN1c1nccs1. The molecule has 1 fully saturated rings. The number of aliphatic hydroxyl groups is 1. The lowest BCUT2D eigenvalue weighted by molar-refractivity contribution is -0.117. The molecule has 6 nitrogen and oxygen atoms in total. The minimum Gasteiger partial charge on any atom is -0.387 e. The van der Waals surface area contributed by atoms with Gasteiger partial charge in [0.05, 0.1) is 6.10 Å². The number of amides is 1. The zero-order valence-corrected chi connectivity index (χ0v) is 18.2. The van der Waals surface area contributed by atoms with Crippen molar-refractivity contribution in [3.8, 4) is 0 Å². The Labute approximate surface area is 186 Å². The van der Waals surface area contributed by atoms with Gasteiger partial charge in [-0.3, -0.25) is 4.79 Å². The van der Waals surface area contributed by atoms with Gasteiger partial charge in [-0.2, -0.15) is 0 Å². The molecule has 0 bridgehead atoms. The first kappa shape index (κ1) is 21.5. The minimum absolute atomic E-state index is 0.0250. The van der Waals surface area contributed by atoms with Gasteiger partial charge in [0.2, 0.25) is 5.91 Å². The Morgan fingerprint density at radius 1 is 1.19 bits per heavy atom. The number of nitrogens with one attached hydrogen (secondary N) is 2. The monoisotopic (exact) mass is 436 g/mol. The number of hydrogen-bond acceptors (Lipinski definition) is 6. The van der Waals surface area contributed by atoms with Gasteiger partial charge in [-0.25, -0.2) is 4.98 Å². The summed E-state index contributed by atoms with van der Waals surface area (Å²) in [5, 5.41) is 19.4. The lowest BCUT2D eigenvalue weighted by Gasteiger charge is -2.23. The summed E-state index contributed by atoms with van der Waals surface area (Å²) in [6.45, 7) is 2.17. The van der Waals surface area contributed by atoms with E-state index in [1.54, 1.807) is 17.5 Å². The number of carbonyl (C=O) groups excluding carboxylic acids is 1. The quantitative estimate of drug-likeness (QED) is 0.447. The van der Waals surface area contributed by atoms with Gasteiger partial charge in [0, 0.05) is 30.4 Å². The third-order valence-electron chi connectivity index (χ3n) is 5.55. The van der Waals surface area contributed by atoms with E-state index in [1.165, 1.54) is 5.56 Å². The van der Waals surface area contributed by atoms with Crippen LogP contribution in [-0.4, -0.2) is 41.7 Å². The highest BCUT2D eigenvalue weighted by molar-refractivity contribution is 7.13. The van der Waals surface area contributed by atoms with E-state index in [0.29, 0.717) is 6.54 Å². The molecule has 2 heterocycles. The molecule has 4 rings (SSSR count). The van der Waals surface area contributed by atoms with E-state index >= 15 is 0 Å². The topological polar surface area (TPSA) is 77.5 Å². The number of aliphatic hydroxyl groups excluding tert-OH is 1. The van der Waals surface area contributed by atoms with Crippen molar-refractivity contribution in [2.75, 3.05) is 29.9 Å². The molecule has 1 aliphatic heterocycles. The van der Waals surface area contributed by atoms with Gasteiger partial charge in [0.25, 0.3) is 0 Å². The van der Waals surface area contributed by atoms with Gasteiger partial charge in [-0.1, -0.05) is 42.5 Å². The maximum atomic E-state index is 12.8. The van der Waals surface area contributed by atoms with E-state index in [4.69, 9.17) is 0 Å². The normalized spacial score (nSPS) is 16.9. The van der Waals surface area contributed by atoms with Crippen molar-refractivity contribution < 1.29 is 9.90 Å². The van der Waals surface area contributed by atoms with E-state index < -0.39 is 6.10 Å². The lowest BCUT2D eigenvalue weighted by atomic mass is 10.1. The van der Waals surface area contributed by atoms with Crippen molar-refractivity contribution in [3.05, 3.63) is 77.3 Å². The average Bonchev–Trinajstić information content (AvgIpc) is 3.50. The molecule has 1 saturated heterocycles. The van der Waals surface area contributed by atoms with Gasteiger partial charge < -0.3 is 20.6 Å². The molecule has 31 heavy (non-hydrogen) atoms. The third-order valence-corrected chi connectivity index (χ3v) is 6.36. The van der Waals surface area contributed by atoms with Crippen LogP contribution in [0.4, 0.5) is 10.8 Å². The number of nitrogens with zero attached hydrogens (tertiary/aromatic N) is 2. The zero-order chi connectivity index (χ0) is 21.5. The Hall–Kier alpha value is -2.74. The smallest absolute Gasteiger partial charge is 0.247 e. The van der Waals surface area contributed by atoms with Crippen LogP contribution in [0.1, 0.15) is 30.1 Å². The summed E-state index contributed by atoms with van der Waals surface area (Å²) in [5.41, 5.74) is 2.92. The standard InChI is InChI=1S/C24H28N4O2S/c29-22(19-5-2-1-3-6-19)17-25-13-12-18-8-10-20(11-9-18)27-23(30)21-7-4-15-28(21)24-26-14-16-31-24/h1-3,5-6,8-11,14,16,21-22,25,29H,4,7,12-13,15,17H2,(H,27,30). The fraction of sp³-hybridized carbons (Fsp3) is 0.333. The number of carbonyl (C=O) groups is 1. The zero-order valence-electron chi connectivity index (χ0n) is 17.4. The van der Waals surface area contributed by atoms with Crippen LogP contribution in [0.2, 0.25) is 0 Å². The van der Waals surface area contributed by atoms with Crippen LogP contribution in [0, 0.1) is 0 Å². The first-order valence-electron chi connectivity index (χ1n) is 10.7. The van der Waals surface area contributed by atoms with Crippen molar-refractivity contribution in [1.82, 2.24) is 10.3 Å². The minimum atomic E-state index is -0.502. The van der Waals surface area contributed by atoms with Crippen LogP contribution in [0.15, 0.2) is 66.2 Å². The molecular weight excluding hydrogens is 408 g/mol. The predicted molar refractivity (Wildman–Crippen MR) is 126 cm³/mol. The van der Waals surface area contributed by atoms with Crippen molar-refractivity contribution >= 4 is 28.1 Å². The second-order valence-corrected chi connectivity index (χ2v) is 8.61. The molecule has 162 valence electrons. The van der Waals surface area contributed by atoms with Gasteiger partial charge >= 0.3 is 0 Å². The van der Waals surface area contributed by atoms with Gasteiger partial charge in [0.15, 0.2) is 5.13 Å². The molecule has 0 aliphatic carbocycles. The molecule has 1 aliphatic rings. The van der Waals surface area contributed by atoms with Gasteiger partial charge in [-0.05, 0) is 49.1 Å². The van der Waals surface area contributed by atoms with E-state index in [1.807, 2.05) is 60.0 Å². The number of thiazole rings is 1. The van der Waals surface area contributed by atoms with Crippen molar-refractivity contribution in [1.29, 1.82) is 0 Å². The maximum absolute atomic E-state index is 12.8. The second-order valence-electron chi connectivity index (χ2n) is 7.73. The Morgan fingerprint density at radius 3 is 2.74 bits per heavy atom. The second kappa shape index (κ2) is 10.5. The van der Waals surface area contributed by atoms with Crippen LogP contribution in [-0.2, 0) is 11.2 Å². The molecule has 1 amide bonds. The van der Waals surface area contributed by atoms with Crippen LogP contribution in [0.3, 0.4) is 0 Å². The summed E-state index contributed by atoms with van der Waals surface area (Å²) in [6, 6.07) is 17.5. The summed E-state index contributed by atoms with van der Waals surface area (Å²) in [7, 11) is 0. The van der Waals surface area contributed by atoms with Crippen LogP contribution < -0.4 is 15.5 Å². The van der Waals surface area contributed by atoms with Crippen LogP contribution >= 0.6 is 11.3 Å². The molecule has 1 aromatic heterocycles. The first-order chi connectivity index (χ1) is 15.2. The average molecular weight is 437 g/mol. The molecule has 3 aromatic rings. The van der Waals surface area contributed by atoms with E-state index in [-0.39, 0.29) is 11.9 Å². The fourth-order valence-corrected chi connectivity index (χ4v) is 4.59. The molecule has 2 atom stereocenters. The lowest BCUT2D eigenvalue weighted by Crippen LogP contribution is -2.39. The Morgan fingerprint density at radius 2 is 2.00 bits per heavy atom. The summed E-state index contributed by atoms with van der Waals surface area (Å²) in [5.74, 6) is 0.0250. The fourth-order valence-electron chi connectivity index (χ4n) is 3.87. The van der Waals surface area contributed by atoms with Crippen molar-refractivity contribution in [3.63, 3.8) is 0 Å². The van der Waals surface area contributed by atoms with Crippen LogP contribution in [0.25, 0.3) is 0 Å². The number of rotatable bonds is 9. The highest BCUT2D eigenvalue weighted by Crippen LogP contribution is 2.28. The molecule has 0 radical (unpaired) electrons.